The summed E-state index contributed by atoms with van der Waals surface area (Å²) in [4.78, 5) is 16.3. The van der Waals surface area contributed by atoms with Crippen LogP contribution < -0.4 is 5.73 Å². The minimum Gasteiger partial charge on any atom is -0.330 e. The van der Waals surface area contributed by atoms with Gasteiger partial charge in [-0.3, -0.25) is 9.48 Å². The molecular weight excluding hydrogens is 282 g/mol. The minimum atomic E-state index is -0.545. The van der Waals surface area contributed by atoms with Crippen molar-refractivity contribution in [3.05, 3.63) is 29.7 Å². The molecule has 1 aliphatic carbocycles. The highest BCUT2D eigenvalue weighted by Gasteiger charge is 2.36. The van der Waals surface area contributed by atoms with Crippen LogP contribution in [0.15, 0.2) is 16.9 Å². The molecule has 1 saturated carbocycles. The van der Waals surface area contributed by atoms with Crippen LogP contribution in [-0.4, -0.2) is 25.7 Å². The number of aromatic nitrogens is 4. The largest absolute Gasteiger partial charge is 0.330 e. The Kier molecular flexibility index (Phi) is 3.92. The summed E-state index contributed by atoms with van der Waals surface area (Å²) < 4.78 is 6.59. The van der Waals surface area contributed by atoms with E-state index in [2.05, 4.69) is 15.2 Å². The Morgan fingerprint density at radius 1 is 1.45 bits per heavy atom. The fourth-order valence-corrected chi connectivity index (χ4v) is 2.41. The van der Waals surface area contributed by atoms with Crippen LogP contribution in [-0.2, 0) is 12.6 Å². The smallest absolute Gasteiger partial charge is 0.299 e. The highest BCUT2D eigenvalue weighted by atomic mass is 35.5. The summed E-state index contributed by atoms with van der Waals surface area (Å²) in [7, 11) is 1.74. The molecule has 0 aliphatic heterocycles. The van der Waals surface area contributed by atoms with Crippen LogP contribution in [0, 0.1) is 0 Å². The lowest BCUT2D eigenvalue weighted by atomic mass is 9.99. The molecule has 2 aromatic heterocycles. The van der Waals surface area contributed by atoms with E-state index in [4.69, 9.17) is 10.3 Å². The lowest BCUT2D eigenvalue weighted by Crippen LogP contribution is -2.34. The Morgan fingerprint density at radius 3 is 2.75 bits per heavy atom. The molecule has 0 atom stereocenters. The molecule has 0 saturated heterocycles. The summed E-state index contributed by atoms with van der Waals surface area (Å²) >= 11 is 0. The van der Waals surface area contributed by atoms with E-state index < -0.39 is 5.54 Å². The molecule has 1 fully saturated rings. The second-order valence-electron chi connectivity index (χ2n) is 5.02. The number of nitrogens with two attached hydrogens (primary N) is 1. The van der Waals surface area contributed by atoms with Crippen LogP contribution in [0.25, 0.3) is 0 Å². The number of carbonyl (C=O) groups is 1. The van der Waals surface area contributed by atoms with Gasteiger partial charge in [0.25, 0.3) is 11.7 Å². The van der Waals surface area contributed by atoms with Crippen LogP contribution in [0.2, 0.25) is 0 Å². The Bertz CT molecular complexity index is 615. The van der Waals surface area contributed by atoms with E-state index in [0.29, 0.717) is 11.4 Å². The van der Waals surface area contributed by atoms with Crippen molar-refractivity contribution in [3.8, 4) is 0 Å². The predicted molar refractivity (Wildman–Crippen MR) is 72.5 cm³/mol. The Balaban J connectivity index is 0.00000147. The fourth-order valence-electron chi connectivity index (χ4n) is 2.41. The number of nitrogens with zero attached hydrogens (tertiary/aromatic N) is 4. The highest BCUT2D eigenvalue weighted by molar-refractivity contribution is 6.05. The average Bonchev–Trinajstić information content (AvgIpc) is 3.08. The normalized spacial score (nSPS) is 16.9. The third kappa shape index (κ3) is 2.46. The van der Waals surface area contributed by atoms with Gasteiger partial charge in [-0.25, -0.2) is 0 Å². The lowest BCUT2D eigenvalue weighted by molar-refractivity contribution is 0.0994. The Labute approximate surface area is 121 Å². The maximum Gasteiger partial charge on any atom is 0.299 e. The molecule has 0 unspecified atom stereocenters. The molecule has 108 valence electrons. The minimum absolute atomic E-state index is 0. The molecular formula is C12H16ClN5O2. The molecule has 7 nitrogen and oxygen atoms in total. The van der Waals surface area contributed by atoms with Crippen molar-refractivity contribution >= 4 is 18.2 Å². The van der Waals surface area contributed by atoms with Crippen molar-refractivity contribution in [1.82, 2.24) is 19.9 Å². The van der Waals surface area contributed by atoms with Crippen LogP contribution in [0.4, 0.5) is 0 Å². The topological polar surface area (TPSA) is 99.8 Å². The van der Waals surface area contributed by atoms with Gasteiger partial charge in [0.05, 0.1) is 17.3 Å². The first-order valence-electron chi connectivity index (χ1n) is 6.25. The Hall–Kier alpha value is -1.73. The van der Waals surface area contributed by atoms with Crippen LogP contribution >= 0.6 is 12.4 Å². The zero-order chi connectivity index (χ0) is 13.5. The Morgan fingerprint density at radius 2 is 2.15 bits per heavy atom. The van der Waals surface area contributed by atoms with Crippen LogP contribution in [0.1, 0.15) is 47.8 Å². The summed E-state index contributed by atoms with van der Waals surface area (Å²) in [6.45, 7) is 0. The van der Waals surface area contributed by atoms with Crippen molar-refractivity contribution in [3.63, 3.8) is 0 Å². The predicted octanol–water partition coefficient (Wildman–Crippen LogP) is 1.18. The van der Waals surface area contributed by atoms with Gasteiger partial charge in [-0.15, -0.1) is 12.4 Å². The summed E-state index contributed by atoms with van der Waals surface area (Å²) in [5.74, 6) is 0.0745. The molecule has 2 heterocycles. The third-order valence-electron chi connectivity index (χ3n) is 3.53. The van der Waals surface area contributed by atoms with Gasteiger partial charge in [-0.2, -0.15) is 10.1 Å². The fraction of sp³-hybridized carbons (Fsp3) is 0.500. The van der Waals surface area contributed by atoms with Gasteiger partial charge in [0.2, 0.25) is 0 Å². The third-order valence-corrected chi connectivity index (χ3v) is 3.53. The van der Waals surface area contributed by atoms with Gasteiger partial charge >= 0.3 is 0 Å². The van der Waals surface area contributed by atoms with Crippen molar-refractivity contribution in [2.75, 3.05) is 0 Å². The zero-order valence-electron chi connectivity index (χ0n) is 11.1. The number of rotatable bonds is 3. The van der Waals surface area contributed by atoms with Crippen molar-refractivity contribution in [1.29, 1.82) is 0 Å². The van der Waals surface area contributed by atoms with E-state index in [1.807, 2.05) is 0 Å². The quantitative estimate of drug-likeness (QED) is 0.854. The standard InChI is InChI=1S/C12H15N5O2.ClH/c1-17-7-8(6-14-17)9(18)10-15-11(16-19-10)12(13)4-2-3-5-12;/h6-7H,2-5,13H2,1H3;1H. The van der Waals surface area contributed by atoms with E-state index in [0.717, 1.165) is 25.7 Å². The molecule has 2 aromatic rings. The first-order valence-corrected chi connectivity index (χ1v) is 6.25. The van der Waals surface area contributed by atoms with Crippen LogP contribution in [0.5, 0.6) is 0 Å². The number of hydrogen-bond acceptors (Lipinski definition) is 6. The molecule has 0 radical (unpaired) electrons. The van der Waals surface area contributed by atoms with E-state index in [1.165, 1.54) is 6.20 Å². The summed E-state index contributed by atoms with van der Waals surface area (Å²) in [6, 6.07) is 0. The summed E-state index contributed by atoms with van der Waals surface area (Å²) in [5.41, 5.74) is 6.11. The van der Waals surface area contributed by atoms with Gasteiger partial charge in [-0.05, 0) is 12.8 Å². The number of carbonyl (C=O) groups excluding carboxylic acids is 1. The summed E-state index contributed by atoms with van der Waals surface area (Å²) in [6.07, 6.45) is 6.84. The van der Waals surface area contributed by atoms with Gasteiger partial charge in [0.15, 0.2) is 5.82 Å². The van der Waals surface area contributed by atoms with Crippen molar-refractivity contribution < 1.29 is 9.32 Å². The lowest BCUT2D eigenvalue weighted by Gasteiger charge is -2.17. The van der Waals surface area contributed by atoms with E-state index >= 15 is 0 Å². The number of aryl methyl sites for hydroxylation is 1. The van der Waals surface area contributed by atoms with Gasteiger partial charge in [0, 0.05) is 13.2 Å². The van der Waals surface area contributed by atoms with Gasteiger partial charge in [-0.1, -0.05) is 18.0 Å². The average molecular weight is 298 g/mol. The first kappa shape index (κ1) is 14.7. The van der Waals surface area contributed by atoms with E-state index in [9.17, 15) is 4.79 Å². The highest BCUT2D eigenvalue weighted by Crippen LogP contribution is 2.34. The molecule has 0 amide bonds. The van der Waals surface area contributed by atoms with Crippen molar-refractivity contribution in [2.24, 2.45) is 12.8 Å². The van der Waals surface area contributed by atoms with Gasteiger partial charge < -0.3 is 10.3 Å². The van der Waals surface area contributed by atoms with Crippen LogP contribution in [0.3, 0.4) is 0 Å². The van der Waals surface area contributed by atoms with Gasteiger partial charge in [0.1, 0.15) is 0 Å². The molecule has 8 heteroatoms. The molecule has 0 aromatic carbocycles. The first-order chi connectivity index (χ1) is 9.08. The molecule has 0 spiro atoms. The van der Waals surface area contributed by atoms with E-state index in [1.54, 1.807) is 17.9 Å². The van der Waals surface area contributed by atoms with Crippen molar-refractivity contribution in [2.45, 2.75) is 31.2 Å². The second kappa shape index (κ2) is 5.34. The van der Waals surface area contributed by atoms with E-state index in [-0.39, 0.29) is 24.1 Å². The molecule has 20 heavy (non-hydrogen) atoms. The maximum absolute atomic E-state index is 12.1. The molecule has 1 aliphatic rings. The second-order valence-corrected chi connectivity index (χ2v) is 5.02. The number of halogens is 1. The molecule has 2 N–H and O–H groups in total. The molecule has 0 bridgehead atoms. The number of ketones is 1. The SMILES string of the molecule is Cl.Cn1cc(C(=O)c2nc(C3(N)CCCC3)no2)cn1. The zero-order valence-corrected chi connectivity index (χ0v) is 11.9. The maximum atomic E-state index is 12.1. The molecule has 3 rings (SSSR count). The monoisotopic (exact) mass is 297 g/mol. The number of hydrogen-bond donors (Lipinski definition) is 1. The summed E-state index contributed by atoms with van der Waals surface area (Å²) in [5, 5.41) is 7.81.